The van der Waals surface area contributed by atoms with Crippen molar-refractivity contribution in [1.82, 2.24) is 0 Å². The molecule has 1 fully saturated rings. The highest BCUT2D eigenvalue weighted by atomic mass is 16.7. The van der Waals surface area contributed by atoms with E-state index in [-0.39, 0.29) is 12.2 Å². The Morgan fingerprint density at radius 2 is 1.39 bits per heavy atom. The maximum absolute atomic E-state index is 5.85. The topological polar surface area (TPSA) is 69.5 Å². The quantitative estimate of drug-likeness (QED) is 0.767. The first kappa shape index (κ1) is 15.7. The minimum Gasteiger partial charge on any atom is -0.467 e. The van der Waals surface area contributed by atoms with Crippen molar-refractivity contribution >= 4 is 12.4 Å². The Labute approximate surface area is 134 Å². The zero-order valence-corrected chi connectivity index (χ0v) is 13.2. The molecule has 0 amide bonds. The number of hydrogen-bond donors (Lipinski definition) is 0. The van der Waals surface area contributed by atoms with Gasteiger partial charge in [0.2, 0.25) is 0 Å². The van der Waals surface area contributed by atoms with Crippen LogP contribution >= 0.6 is 0 Å². The molecule has 0 spiro atoms. The fraction of sp³-hybridized carbons (Fsp3) is 0.412. The third-order valence-electron chi connectivity index (χ3n) is 3.32. The second kappa shape index (κ2) is 6.93. The zero-order chi connectivity index (χ0) is 16.1. The summed E-state index contributed by atoms with van der Waals surface area (Å²) in [6, 6.07) is 7.45. The van der Waals surface area contributed by atoms with Gasteiger partial charge in [-0.15, -0.1) is 0 Å². The van der Waals surface area contributed by atoms with Gasteiger partial charge in [0.05, 0.1) is 25.6 Å². The van der Waals surface area contributed by atoms with E-state index in [4.69, 9.17) is 18.3 Å². The van der Waals surface area contributed by atoms with E-state index in [2.05, 4.69) is 9.98 Å². The Morgan fingerprint density at radius 1 is 0.913 bits per heavy atom. The summed E-state index contributed by atoms with van der Waals surface area (Å²) in [6.07, 6.45) is 6.21. The van der Waals surface area contributed by atoms with Gasteiger partial charge in [-0.2, -0.15) is 0 Å². The predicted molar refractivity (Wildman–Crippen MR) is 85.6 cm³/mol. The molecule has 0 aromatic carbocycles. The lowest BCUT2D eigenvalue weighted by Gasteiger charge is -2.15. The third-order valence-corrected chi connectivity index (χ3v) is 3.32. The molecule has 2 aromatic heterocycles. The van der Waals surface area contributed by atoms with Crippen molar-refractivity contribution < 1.29 is 18.3 Å². The Morgan fingerprint density at radius 3 is 1.78 bits per heavy atom. The standard InChI is InChI=1S/C17H20N2O4/c1-17(2)22-15(11-18-9-13-5-3-7-20-13)16(23-17)12-19-10-14-6-4-8-21-14/h3-8,11-12,15-16H,9-10H2,1-2H3/t15-,16-/m0/s1. The Kier molecular flexibility index (Phi) is 4.73. The Bertz CT molecular complexity index is 588. The van der Waals surface area contributed by atoms with E-state index < -0.39 is 5.79 Å². The minimum absolute atomic E-state index is 0.277. The van der Waals surface area contributed by atoms with Crippen LogP contribution in [-0.2, 0) is 22.6 Å². The smallest absolute Gasteiger partial charge is 0.164 e. The van der Waals surface area contributed by atoms with Gasteiger partial charge in [-0.3, -0.25) is 9.98 Å². The molecule has 0 radical (unpaired) electrons. The summed E-state index contributed by atoms with van der Waals surface area (Å²) in [5.41, 5.74) is 0. The van der Waals surface area contributed by atoms with E-state index in [0.29, 0.717) is 13.1 Å². The van der Waals surface area contributed by atoms with E-state index >= 15 is 0 Å². The van der Waals surface area contributed by atoms with Gasteiger partial charge in [-0.05, 0) is 38.1 Å². The summed E-state index contributed by atoms with van der Waals surface area (Å²) in [7, 11) is 0. The molecule has 0 N–H and O–H groups in total. The minimum atomic E-state index is -0.664. The van der Waals surface area contributed by atoms with Crippen molar-refractivity contribution in [1.29, 1.82) is 0 Å². The van der Waals surface area contributed by atoms with E-state index in [1.54, 1.807) is 25.0 Å². The van der Waals surface area contributed by atoms with Gasteiger partial charge in [0.25, 0.3) is 0 Å². The SMILES string of the molecule is CC1(C)O[C@@H](C=NCc2ccco2)[C@H](C=NCc2ccco2)O1. The van der Waals surface area contributed by atoms with E-state index in [1.807, 2.05) is 38.1 Å². The Hall–Kier alpha value is -2.18. The molecule has 6 nitrogen and oxygen atoms in total. The van der Waals surface area contributed by atoms with Crippen LogP contribution in [0.1, 0.15) is 25.4 Å². The number of nitrogens with zero attached hydrogens (tertiary/aromatic N) is 2. The van der Waals surface area contributed by atoms with Gasteiger partial charge >= 0.3 is 0 Å². The summed E-state index contributed by atoms with van der Waals surface area (Å²) in [4.78, 5) is 8.73. The molecule has 0 aliphatic carbocycles. The highest BCUT2D eigenvalue weighted by Crippen LogP contribution is 2.26. The van der Waals surface area contributed by atoms with Crippen molar-refractivity contribution in [2.24, 2.45) is 9.98 Å². The summed E-state index contributed by atoms with van der Waals surface area (Å²) in [5.74, 6) is 0.952. The number of furan rings is 2. The van der Waals surface area contributed by atoms with Crippen molar-refractivity contribution in [2.45, 2.75) is 44.9 Å². The van der Waals surface area contributed by atoms with Crippen molar-refractivity contribution in [3.05, 3.63) is 48.3 Å². The van der Waals surface area contributed by atoms with Crippen LogP contribution in [0.25, 0.3) is 0 Å². The van der Waals surface area contributed by atoms with Crippen LogP contribution < -0.4 is 0 Å². The van der Waals surface area contributed by atoms with E-state index in [9.17, 15) is 0 Å². The molecule has 122 valence electrons. The van der Waals surface area contributed by atoms with Crippen LogP contribution in [0.5, 0.6) is 0 Å². The molecular weight excluding hydrogens is 296 g/mol. The van der Waals surface area contributed by atoms with Gasteiger partial charge < -0.3 is 18.3 Å². The van der Waals surface area contributed by atoms with Crippen molar-refractivity contribution in [3.63, 3.8) is 0 Å². The molecule has 0 unspecified atom stereocenters. The second-order valence-corrected chi connectivity index (χ2v) is 5.70. The molecule has 1 aliphatic rings. The average molecular weight is 316 g/mol. The molecule has 3 rings (SSSR count). The van der Waals surface area contributed by atoms with Gasteiger partial charge in [-0.1, -0.05) is 0 Å². The van der Waals surface area contributed by atoms with Crippen molar-refractivity contribution in [3.8, 4) is 0 Å². The first-order valence-electron chi connectivity index (χ1n) is 7.53. The number of ether oxygens (including phenoxy) is 2. The molecule has 1 saturated heterocycles. The van der Waals surface area contributed by atoms with E-state index in [0.717, 1.165) is 11.5 Å². The summed E-state index contributed by atoms with van der Waals surface area (Å²) in [5, 5.41) is 0. The number of hydrogen-bond acceptors (Lipinski definition) is 6. The first-order chi connectivity index (χ1) is 11.1. The molecule has 6 heteroatoms. The summed E-state index contributed by atoms with van der Waals surface area (Å²) < 4.78 is 22.2. The monoisotopic (exact) mass is 316 g/mol. The maximum atomic E-state index is 5.85. The van der Waals surface area contributed by atoms with Crippen LogP contribution in [0.15, 0.2) is 55.6 Å². The largest absolute Gasteiger partial charge is 0.467 e. The second-order valence-electron chi connectivity index (χ2n) is 5.70. The van der Waals surface area contributed by atoms with Crippen LogP contribution in [0.4, 0.5) is 0 Å². The van der Waals surface area contributed by atoms with Crippen LogP contribution in [-0.4, -0.2) is 30.4 Å². The van der Waals surface area contributed by atoms with Crippen LogP contribution in [0, 0.1) is 0 Å². The molecule has 2 aromatic rings. The molecule has 2 atom stereocenters. The predicted octanol–water partition coefficient (Wildman–Crippen LogP) is 3.23. The Balaban J connectivity index is 1.59. The molecule has 23 heavy (non-hydrogen) atoms. The van der Waals surface area contributed by atoms with Crippen molar-refractivity contribution in [2.75, 3.05) is 0 Å². The third kappa shape index (κ3) is 4.40. The first-order valence-corrected chi connectivity index (χ1v) is 7.53. The van der Waals surface area contributed by atoms with Gasteiger partial charge in [-0.25, -0.2) is 0 Å². The van der Waals surface area contributed by atoms with Crippen LogP contribution in [0.2, 0.25) is 0 Å². The maximum Gasteiger partial charge on any atom is 0.164 e. The van der Waals surface area contributed by atoms with Gasteiger partial charge in [0.15, 0.2) is 5.79 Å². The molecule has 0 saturated carbocycles. The molecule has 0 bridgehead atoms. The van der Waals surface area contributed by atoms with Gasteiger partial charge in [0, 0.05) is 12.4 Å². The lowest BCUT2D eigenvalue weighted by Crippen LogP contribution is -2.25. The number of aliphatic imine (C=N–C) groups is 2. The highest BCUT2D eigenvalue weighted by molar-refractivity contribution is 5.75. The normalized spacial score (nSPS) is 24.1. The molecular formula is C17H20N2O4. The van der Waals surface area contributed by atoms with Gasteiger partial charge in [0.1, 0.15) is 23.7 Å². The highest BCUT2D eigenvalue weighted by Gasteiger charge is 2.39. The molecule has 3 heterocycles. The summed E-state index contributed by atoms with van der Waals surface area (Å²) >= 11 is 0. The number of rotatable bonds is 6. The fourth-order valence-corrected chi connectivity index (χ4v) is 2.35. The molecule has 1 aliphatic heterocycles. The van der Waals surface area contributed by atoms with Crippen LogP contribution in [0.3, 0.4) is 0 Å². The fourth-order valence-electron chi connectivity index (χ4n) is 2.35. The lowest BCUT2D eigenvalue weighted by atomic mass is 10.2. The summed E-state index contributed by atoms with van der Waals surface area (Å²) in [6.45, 7) is 4.70. The van der Waals surface area contributed by atoms with E-state index in [1.165, 1.54) is 0 Å². The zero-order valence-electron chi connectivity index (χ0n) is 13.2. The average Bonchev–Trinajstić information content (AvgIpc) is 3.21. The lowest BCUT2D eigenvalue weighted by molar-refractivity contribution is -0.135.